The summed E-state index contributed by atoms with van der Waals surface area (Å²) < 4.78 is 0. The topological polar surface area (TPSA) is 40.5 Å². The maximum Gasteiger partial charge on any atom is 0.131 e. The fraction of sp³-hybridized carbons (Fsp3) is 0.818. The highest BCUT2D eigenvalue weighted by atomic mass is 16.3. The number of terminal acetylenes is 1. The van der Waals surface area contributed by atoms with Crippen LogP contribution in [0.2, 0.25) is 0 Å². The number of hydrogen-bond donors (Lipinski definition) is 2. The Hall–Kier alpha value is -0.780. The average molecular weight is 328 g/mol. The lowest BCUT2D eigenvalue weighted by Crippen LogP contribution is -2.55. The average Bonchev–Trinajstić information content (AvgIpc) is 2.88. The number of hydrogen-bond acceptors (Lipinski definition) is 2. The molecule has 8 atom stereocenters. The molecule has 0 bridgehead atoms. The highest BCUT2D eigenvalue weighted by Crippen LogP contribution is 2.67. The van der Waals surface area contributed by atoms with Crippen LogP contribution in [0.4, 0.5) is 0 Å². The summed E-state index contributed by atoms with van der Waals surface area (Å²) in [5.41, 5.74) is 0.251. The Balaban J connectivity index is 1.69. The third kappa shape index (κ3) is 2.04. The van der Waals surface area contributed by atoms with Gasteiger partial charge in [-0.05, 0) is 87.4 Å². The monoisotopic (exact) mass is 328 g/mol. The van der Waals surface area contributed by atoms with Crippen molar-refractivity contribution in [2.75, 3.05) is 0 Å². The lowest BCUT2D eigenvalue weighted by Gasteiger charge is -2.58. The minimum Gasteiger partial charge on any atom is -0.393 e. The first-order chi connectivity index (χ1) is 11.5. The normalized spacial score (nSPS) is 53.7. The SMILES string of the molecule is C#C[C@]1(O)CC[C@H]2[C@@H]3CC[C@H]4C[C@@H](O)CC[C@@H]4[C@H]3C(=C)C[C@@]21CC. The summed E-state index contributed by atoms with van der Waals surface area (Å²) >= 11 is 0. The van der Waals surface area contributed by atoms with E-state index in [-0.39, 0.29) is 11.5 Å². The van der Waals surface area contributed by atoms with Crippen molar-refractivity contribution < 1.29 is 10.2 Å². The zero-order valence-corrected chi connectivity index (χ0v) is 15.0. The van der Waals surface area contributed by atoms with Crippen LogP contribution in [-0.4, -0.2) is 21.9 Å². The van der Waals surface area contributed by atoms with Crippen molar-refractivity contribution in [3.8, 4) is 12.3 Å². The molecule has 0 spiro atoms. The van der Waals surface area contributed by atoms with Gasteiger partial charge in [0.15, 0.2) is 0 Å². The Bertz CT molecular complexity index is 575. The second-order valence-electron chi connectivity index (χ2n) is 9.15. The van der Waals surface area contributed by atoms with E-state index < -0.39 is 5.60 Å². The maximum absolute atomic E-state index is 11.2. The summed E-state index contributed by atoms with van der Waals surface area (Å²) in [6.07, 6.45) is 15.0. The highest BCUT2D eigenvalue weighted by molar-refractivity contribution is 5.30. The Morgan fingerprint density at radius 2 is 1.96 bits per heavy atom. The van der Waals surface area contributed by atoms with Crippen LogP contribution in [0, 0.1) is 47.3 Å². The molecule has 4 saturated carbocycles. The van der Waals surface area contributed by atoms with E-state index in [4.69, 9.17) is 6.42 Å². The van der Waals surface area contributed by atoms with Gasteiger partial charge in [0.1, 0.15) is 5.60 Å². The Labute approximate surface area is 146 Å². The summed E-state index contributed by atoms with van der Waals surface area (Å²) in [6, 6.07) is 0. The van der Waals surface area contributed by atoms with Crippen LogP contribution in [0.15, 0.2) is 12.2 Å². The minimum absolute atomic E-state index is 0.0904. The highest BCUT2D eigenvalue weighted by Gasteiger charge is 2.64. The summed E-state index contributed by atoms with van der Waals surface area (Å²) in [6.45, 7) is 6.72. The lowest BCUT2D eigenvalue weighted by molar-refractivity contribution is -0.0984. The van der Waals surface area contributed by atoms with Gasteiger partial charge >= 0.3 is 0 Å². The molecule has 0 saturated heterocycles. The Kier molecular flexibility index (Phi) is 3.90. The van der Waals surface area contributed by atoms with Gasteiger partial charge in [-0.2, -0.15) is 0 Å². The van der Waals surface area contributed by atoms with Gasteiger partial charge in [0.25, 0.3) is 0 Å². The van der Waals surface area contributed by atoms with E-state index >= 15 is 0 Å². The van der Waals surface area contributed by atoms with Crippen molar-refractivity contribution in [2.24, 2.45) is 35.0 Å². The van der Waals surface area contributed by atoms with E-state index in [0.29, 0.717) is 29.6 Å². The zero-order chi connectivity index (χ0) is 17.1. The fourth-order valence-corrected chi connectivity index (χ4v) is 7.54. The van der Waals surface area contributed by atoms with E-state index in [0.717, 1.165) is 44.9 Å². The minimum atomic E-state index is -0.945. The van der Waals surface area contributed by atoms with Crippen molar-refractivity contribution in [2.45, 2.75) is 76.4 Å². The van der Waals surface area contributed by atoms with E-state index in [1.54, 1.807) is 0 Å². The summed E-state index contributed by atoms with van der Waals surface area (Å²) in [4.78, 5) is 0. The van der Waals surface area contributed by atoms with Crippen LogP contribution in [0.1, 0.15) is 64.7 Å². The van der Waals surface area contributed by atoms with Crippen molar-refractivity contribution in [1.82, 2.24) is 0 Å². The van der Waals surface area contributed by atoms with Gasteiger partial charge in [0.05, 0.1) is 6.10 Å². The molecule has 4 aliphatic rings. The molecule has 4 rings (SSSR count). The number of rotatable bonds is 1. The van der Waals surface area contributed by atoms with Crippen LogP contribution in [0.25, 0.3) is 0 Å². The van der Waals surface area contributed by atoms with E-state index in [9.17, 15) is 10.2 Å². The third-order valence-electron chi connectivity index (χ3n) is 8.56. The van der Waals surface area contributed by atoms with Crippen LogP contribution in [-0.2, 0) is 0 Å². The first-order valence-electron chi connectivity index (χ1n) is 10.0. The van der Waals surface area contributed by atoms with E-state index in [1.807, 2.05) is 0 Å². The fourth-order valence-electron chi connectivity index (χ4n) is 7.54. The molecule has 0 heterocycles. The molecule has 0 aromatic heterocycles. The third-order valence-corrected chi connectivity index (χ3v) is 8.56. The molecule has 4 fully saturated rings. The van der Waals surface area contributed by atoms with Crippen LogP contribution < -0.4 is 0 Å². The number of aliphatic hydroxyl groups excluding tert-OH is 1. The molecule has 0 amide bonds. The molecular formula is C22H32O2. The summed E-state index contributed by atoms with van der Waals surface area (Å²) in [5.74, 6) is 5.96. The Morgan fingerprint density at radius 3 is 2.67 bits per heavy atom. The molecule has 132 valence electrons. The lowest BCUT2D eigenvalue weighted by atomic mass is 9.47. The molecule has 4 aliphatic carbocycles. The standard InChI is InChI=1S/C22H32O2/c1-4-21-13-14(3)20-17-9-7-16(23)12-15(17)6-8-18(20)19(21)10-11-22(21,24)5-2/h2,15-20,23-24H,3-4,6-13H2,1H3/t15-,16-,17-,18-,19-,20+,21-,22-/m0/s1. The Morgan fingerprint density at radius 1 is 1.21 bits per heavy atom. The molecule has 0 unspecified atom stereocenters. The second-order valence-corrected chi connectivity index (χ2v) is 9.15. The van der Waals surface area contributed by atoms with Crippen LogP contribution in [0.3, 0.4) is 0 Å². The van der Waals surface area contributed by atoms with Gasteiger partial charge in [0.2, 0.25) is 0 Å². The van der Waals surface area contributed by atoms with Crippen molar-refractivity contribution in [3.63, 3.8) is 0 Å². The molecule has 0 aromatic carbocycles. The quantitative estimate of drug-likeness (QED) is 0.566. The summed E-state index contributed by atoms with van der Waals surface area (Å²) in [7, 11) is 0. The van der Waals surface area contributed by atoms with Gasteiger partial charge in [-0.25, -0.2) is 0 Å². The van der Waals surface area contributed by atoms with Gasteiger partial charge < -0.3 is 10.2 Å². The van der Waals surface area contributed by atoms with E-state index in [1.165, 1.54) is 18.4 Å². The second kappa shape index (κ2) is 5.61. The molecule has 0 radical (unpaired) electrons. The van der Waals surface area contributed by atoms with Crippen molar-refractivity contribution in [1.29, 1.82) is 0 Å². The van der Waals surface area contributed by atoms with Gasteiger partial charge in [-0.3, -0.25) is 0 Å². The van der Waals surface area contributed by atoms with Crippen LogP contribution in [0.5, 0.6) is 0 Å². The molecule has 2 nitrogen and oxygen atoms in total. The van der Waals surface area contributed by atoms with Crippen molar-refractivity contribution in [3.05, 3.63) is 12.2 Å². The van der Waals surface area contributed by atoms with Gasteiger partial charge in [-0.15, -0.1) is 6.42 Å². The number of allylic oxidation sites excluding steroid dienone is 1. The molecule has 0 aliphatic heterocycles. The summed E-state index contributed by atoms with van der Waals surface area (Å²) in [5, 5.41) is 21.3. The number of aliphatic hydroxyl groups is 2. The van der Waals surface area contributed by atoms with Gasteiger partial charge in [0, 0.05) is 5.41 Å². The first-order valence-corrected chi connectivity index (χ1v) is 10.0. The maximum atomic E-state index is 11.2. The molecule has 2 N–H and O–H groups in total. The number of fused-ring (bicyclic) bond motifs is 5. The predicted molar refractivity (Wildman–Crippen MR) is 96.0 cm³/mol. The smallest absolute Gasteiger partial charge is 0.131 e. The van der Waals surface area contributed by atoms with Crippen molar-refractivity contribution >= 4 is 0 Å². The van der Waals surface area contributed by atoms with Gasteiger partial charge in [-0.1, -0.05) is 25.0 Å². The largest absolute Gasteiger partial charge is 0.393 e. The predicted octanol–water partition coefficient (Wildman–Crippen LogP) is 3.92. The van der Waals surface area contributed by atoms with E-state index in [2.05, 4.69) is 19.4 Å². The first kappa shape index (κ1) is 16.7. The van der Waals surface area contributed by atoms with Crippen LogP contribution >= 0.6 is 0 Å². The molecular weight excluding hydrogens is 296 g/mol. The molecule has 2 heteroatoms. The molecule has 0 aromatic rings. The zero-order valence-electron chi connectivity index (χ0n) is 15.0. The molecule has 24 heavy (non-hydrogen) atoms.